The van der Waals surface area contributed by atoms with Gasteiger partial charge in [0.25, 0.3) is 0 Å². The number of hydrogen-bond acceptors (Lipinski definition) is 10. The van der Waals surface area contributed by atoms with E-state index >= 15 is 0 Å². The summed E-state index contributed by atoms with van der Waals surface area (Å²) in [6, 6.07) is 33.1. The van der Waals surface area contributed by atoms with Gasteiger partial charge in [0.05, 0.1) is 12.2 Å². The summed E-state index contributed by atoms with van der Waals surface area (Å²) in [6.45, 7) is 6.61. The molecule has 0 radical (unpaired) electrons. The topological polar surface area (TPSA) is 142 Å². The summed E-state index contributed by atoms with van der Waals surface area (Å²) < 4.78 is 31.0. The number of ether oxygens (including phenoxy) is 4. The number of carbonyl (C=O) groups is 2. The second-order valence-corrected chi connectivity index (χ2v) is 18.2. The number of aliphatic hydroxyl groups excluding tert-OH is 2. The molecule has 1 aliphatic carbocycles. The van der Waals surface area contributed by atoms with Crippen LogP contribution in [0, 0.1) is 5.92 Å². The largest absolute Gasteiger partial charge is 0.483 e. The van der Waals surface area contributed by atoms with Gasteiger partial charge in [-0.3, -0.25) is 4.79 Å². The van der Waals surface area contributed by atoms with Crippen LogP contribution in [0.15, 0.2) is 117 Å². The maximum Gasteiger partial charge on any atom is 0.339 e. The standard InChI is InChI=1S/C53H58O10/c1-32(2)42-20-15-33-13-16-36(17-14-33)43-21-18-38(37-12-8-11-35(26-37)25-34-9-6-5-7-10-34)27-41(43)29-46(56)60-49-47-45(63-53(3,4)50(49)62-51(42)57)22-19-39-28-44(52(58)61-48(39)47)40(23-24-54)30-59-31-55/h5-14,16-17,19,22,26,28,38,40-41,43,49-50,54-55H,15,18,20-21,23-25,27,29-31H2,1-4H3. The highest BCUT2D eigenvalue weighted by Gasteiger charge is 2.51. The minimum absolute atomic E-state index is 0.00729. The molecule has 1 aromatic heterocycles. The van der Waals surface area contributed by atoms with E-state index in [0.717, 1.165) is 36.8 Å². The molecule has 2 N–H and O–H groups in total. The predicted octanol–water partition coefficient (Wildman–Crippen LogP) is 9.52. The van der Waals surface area contributed by atoms with Crippen LogP contribution in [0.1, 0.15) is 129 Å². The Kier molecular flexibility index (Phi) is 13.3. The highest BCUT2D eigenvalue weighted by molar-refractivity contribution is 5.90. The molecule has 6 unspecified atom stereocenters. The van der Waals surface area contributed by atoms with Crippen molar-refractivity contribution >= 4 is 22.9 Å². The first-order valence-electron chi connectivity index (χ1n) is 22.3. The van der Waals surface area contributed by atoms with Gasteiger partial charge in [-0.15, -0.1) is 0 Å². The van der Waals surface area contributed by atoms with E-state index in [1.807, 2.05) is 19.9 Å². The molecule has 4 aliphatic rings. The van der Waals surface area contributed by atoms with Crippen LogP contribution in [0.3, 0.4) is 0 Å². The minimum atomic E-state index is -1.19. The van der Waals surface area contributed by atoms with Crippen molar-refractivity contribution in [3.05, 3.63) is 158 Å². The Morgan fingerprint density at radius 2 is 1.62 bits per heavy atom. The second kappa shape index (κ2) is 19.1. The van der Waals surface area contributed by atoms with Gasteiger partial charge in [0.1, 0.15) is 23.7 Å². The molecule has 10 heteroatoms. The lowest BCUT2D eigenvalue weighted by molar-refractivity contribution is -0.188. The molecular formula is C53H58O10. The third-order valence-corrected chi connectivity index (χ3v) is 13.4. The van der Waals surface area contributed by atoms with Crippen molar-refractivity contribution < 1.29 is 43.2 Å². The van der Waals surface area contributed by atoms with E-state index < -0.39 is 48.1 Å². The minimum Gasteiger partial charge on any atom is -0.483 e. The molecule has 0 saturated heterocycles. The maximum absolute atomic E-state index is 14.8. The summed E-state index contributed by atoms with van der Waals surface area (Å²) in [6.07, 6.45) is 2.59. The summed E-state index contributed by atoms with van der Waals surface area (Å²) in [4.78, 5) is 42.9. The van der Waals surface area contributed by atoms with E-state index in [-0.39, 0.29) is 55.0 Å². The number of rotatable bonds is 9. The van der Waals surface area contributed by atoms with E-state index in [2.05, 4.69) is 72.8 Å². The smallest absolute Gasteiger partial charge is 0.339 e. The number of hydrogen-bond donors (Lipinski definition) is 2. The molecule has 3 aliphatic heterocycles. The van der Waals surface area contributed by atoms with Crippen LogP contribution in [-0.4, -0.2) is 53.9 Å². The Labute approximate surface area is 368 Å². The molecule has 330 valence electrons. The summed E-state index contributed by atoms with van der Waals surface area (Å²) >= 11 is 0. The van der Waals surface area contributed by atoms with Crippen LogP contribution in [0.5, 0.6) is 5.75 Å². The molecule has 1 fully saturated rings. The lowest BCUT2D eigenvalue weighted by atomic mass is 9.68. The van der Waals surface area contributed by atoms with E-state index in [1.54, 1.807) is 32.0 Å². The fraction of sp³-hybridized carbons (Fsp3) is 0.415. The van der Waals surface area contributed by atoms with E-state index in [4.69, 9.17) is 23.4 Å². The lowest BCUT2D eigenvalue weighted by Crippen LogP contribution is -2.52. The number of carbonyl (C=O) groups excluding carboxylic acids is 2. The van der Waals surface area contributed by atoms with Gasteiger partial charge in [-0.05, 0) is 136 Å². The summed E-state index contributed by atoms with van der Waals surface area (Å²) in [5.74, 6) is -0.910. The third-order valence-electron chi connectivity index (χ3n) is 13.4. The first kappa shape index (κ1) is 44.1. The summed E-state index contributed by atoms with van der Waals surface area (Å²) in [7, 11) is 0. The molecular weight excluding hydrogens is 797 g/mol. The molecule has 4 heterocycles. The van der Waals surface area contributed by atoms with Crippen molar-refractivity contribution in [2.45, 2.75) is 115 Å². The molecule has 0 spiro atoms. The van der Waals surface area contributed by atoms with Gasteiger partial charge in [0.15, 0.2) is 12.2 Å². The molecule has 6 atom stereocenters. The first-order chi connectivity index (χ1) is 30.4. The zero-order valence-electron chi connectivity index (χ0n) is 36.6. The molecule has 1 saturated carbocycles. The Hall–Kier alpha value is -5.55. The van der Waals surface area contributed by atoms with Crippen molar-refractivity contribution in [1.29, 1.82) is 0 Å². The van der Waals surface area contributed by atoms with Gasteiger partial charge in [-0.2, -0.15) is 0 Å². The van der Waals surface area contributed by atoms with Crippen molar-refractivity contribution in [2.24, 2.45) is 5.92 Å². The van der Waals surface area contributed by atoms with Crippen molar-refractivity contribution in [1.82, 2.24) is 0 Å². The zero-order chi connectivity index (χ0) is 44.3. The average molecular weight is 855 g/mol. The van der Waals surface area contributed by atoms with E-state index in [9.17, 15) is 24.6 Å². The Bertz CT molecular complexity index is 2520. The fourth-order valence-electron chi connectivity index (χ4n) is 10.1. The Balaban J connectivity index is 1.19. The number of esters is 2. The van der Waals surface area contributed by atoms with Crippen LogP contribution >= 0.6 is 0 Å². The SMILES string of the molecule is CC(C)=C1CCc2ccc(cc2)C2CCC(c3cccc(Cc4ccccc4)c3)CC2CC(=O)OC2c3c(ccc4cc(C(CCO)COCO)c(=O)oc34)OC(C)(C)C2OC1=O. The molecule has 10 nitrogen and oxygen atoms in total. The van der Waals surface area contributed by atoms with Crippen molar-refractivity contribution in [3.63, 3.8) is 0 Å². The lowest BCUT2D eigenvalue weighted by Gasteiger charge is -2.43. The van der Waals surface area contributed by atoms with Crippen molar-refractivity contribution in [3.8, 4) is 5.75 Å². The zero-order valence-corrected chi connectivity index (χ0v) is 36.6. The van der Waals surface area contributed by atoms with Crippen LogP contribution in [0.25, 0.3) is 11.0 Å². The van der Waals surface area contributed by atoms with Crippen molar-refractivity contribution in [2.75, 3.05) is 20.0 Å². The number of aryl methyl sites for hydroxylation is 1. The van der Waals surface area contributed by atoms with Gasteiger partial charge in [-0.1, -0.05) is 84.4 Å². The quantitative estimate of drug-likeness (QED) is 0.0638. The summed E-state index contributed by atoms with van der Waals surface area (Å²) in [5, 5.41) is 19.7. The molecule has 4 aromatic carbocycles. The maximum atomic E-state index is 14.8. The monoisotopic (exact) mass is 854 g/mol. The average Bonchev–Trinajstić information content (AvgIpc) is 3.26. The molecule has 9 rings (SSSR count). The fourth-order valence-corrected chi connectivity index (χ4v) is 10.1. The summed E-state index contributed by atoms with van der Waals surface area (Å²) in [5.41, 5.74) is 6.28. The van der Waals surface area contributed by atoms with Gasteiger partial charge in [0, 0.05) is 35.5 Å². The number of aliphatic hydroxyl groups is 2. The first-order valence-corrected chi connectivity index (χ1v) is 22.3. The van der Waals surface area contributed by atoms with Gasteiger partial charge in [-0.25, -0.2) is 9.59 Å². The van der Waals surface area contributed by atoms with Crippen LogP contribution < -0.4 is 10.4 Å². The third kappa shape index (κ3) is 9.69. The number of allylic oxidation sites excluding steroid dienone is 1. The highest BCUT2D eigenvalue weighted by Crippen LogP contribution is 2.49. The van der Waals surface area contributed by atoms with Crippen LogP contribution in [0.2, 0.25) is 0 Å². The normalized spacial score (nSPS) is 22.8. The van der Waals surface area contributed by atoms with Crippen LogP contribution in [0.4, 0.5) is 0 Å². The Morgan fingerprint density at radius 1 is 0.841 bits per heavy atom. The van der Waals surface area contributed by atoms with E-state index in [1.165, 1.54) is 22.3 Å². The second-order valence-electron chi connectivity index (χ2n) is 18.2. The van der Waals surface area contributed by atoms with Crippen LogP contribution in [-0.2, 0) is 36.6 Å². The Morgan fingerprint density at radius 3 is 2.37 bits per heavy atom. The molecule has 0 amide bonds. The van der Waals surface area contributed by atoms with Gasteiger partial charge in [0.2, 0.25) is 0 Å². The van der Waals surface area contributed by atoms with Gasteiger partial charge < -0.3 is 33.6 Å². The highest BCUT2D eigenvalue weighted by atomic mass is 16.6. The number of benzene rings is 4. The molecule has 2 bridgehead atoms. The molecule has 5 aromatic rings. The number of fused-ring (bicyclic) bond motifs is 11. The molecule has 63 heavy (non-hydrogen) atoms. The van der Waals surface area contributed by atoms with Gasteiger partial charge >= 0.3 is 17.6 Å². The predicted molar refractivity (Wildman–Crippen MR) is 240 cm³/mol. The van der Waals surface area contributed by atoms with E-state index in [0.29, 0.717) is 35.1 Å².